The van der Waals surface area contributed by atoms with Crippen molar-refractivity contribution in [2.45, 2.75) is 26.1 Å². The van der Waals surface area contributed by atoms with E-state index in [-0.39, 0.29) is 5.83 Å². The molecule has 1 saturated heterocycles. The van der Waals surface area contributed by atoms with E-state index in [0.717, 1.165) is 36.3 Å². The van der Waals surface area contributed by atoms with Gasteiger partial charge in [-0.2, -0.15) is 0 Å². The Balaban J connectivity index is 1.48. The monoisotopic (exact) mass is 394 g/mol. The molecule has 5 rings (SSSR count). The second-order valence-corrected chi connectivity index (χ2v) is 7.91. The summed E-state index contributed by atoms with van der Waals surface area (Å²) in [5, 5.41) is 7.34. The summed E-state index contributed by atoms with van der Waals surface area (Å²) in [6.07, 6.45) is 4.47. The van der Waals surface area contributed by atoms with E-state index in [9.17, 15) is 9.18 Å². The molecule has 1 aromatic carbocycles. The Morgan fingerprint density at radius 1 is 1.24 bits per heavy atom. The maximum atomic E-state index is 14.3. The van der Waals surface area contributed by atoms with E-state index in [1.807, 2.05) is 25.3 Å². The molecular formula is C22H23FN4O2. The number of anilines is 1. The quantitative estimate of drug-likeness (QED) is 0.764. The summed E-state index contributed by atoms with van der Waals surface area (Å²) in [6.45, 7) is 6.75. The highest BCUT2D eigenvalue weighted by Crippen LogP contribution is 2.30. The summed E-state index contributed by atoms with van der Waals surface area (Å²) >= 11 is 0. The van der Waals surface area contributed by atoms with E-state index >= 15 is 0 Å². The molecule has 0 aliphatic carbocycles. The van der Waals surface area contributed by atoms with Gasteiger partial charge in [0, 0.05) is 55.2 Å². The van der Waals surface area contributed by atoms with Gasteiger partial charge < -0.3 is 24.9 Å². The number of hydrogen-bond donors (Lipinski definition) is 2. The van der Waals surface area contributed by atoms with Crippen LogP contribution in [-0.2, 0) is 0 Å². The molecular weight excluding hydrogens is 371 g/mol. The van der Waals surface area contributed by atoms with Crippen molar-refractivity contribution >= 4 is 22.4 Å². The molecule has 0 spiro atoms. The summed E-state index contributed by atoms with van der Waals surface area (Å²) in [6, 6.07) is 8.17. The average molecular weight is 394 g/mol. The Morgan fingerprint density at radius 2 is 2.10 bits per heavy atom. The van der Waals surface area contributed by atoms with Crippen LogP contribution in [0.4, 0.5) is 10.1 Å². The molecule has 4 heterocycles. The molecule has 0 radical (unpaired) electrons. The van der Waals surface area contributed by atoms with E-state index in [2.05, 4.69) is 28.5 Å². The van der Waals surface area contributed by atoms with Crippen LogP contribution in [0, 0.1) is 0 Å². The second kappa shape index (κ2) is 6.77. The maximum absolute atomic E-state index is 14.3. The number of nitrogens with one attached hydrogen (secondary N) is 2. The van der Waals surface area contributed by atoms with E-state index in [4.69, 9.17) is 4.42 Å². The number of nitrogens with zero attached hydrogens (tertiary/aromatic N) is 2. The second-order valence-electron chi connectivity index (χ2n) is 7.91. The molecule has 2 aromatic rings. The van der Waals surface area contributed by atoms with Crippen LogP contribution in [-0.4, -0.2) is 36.7 Å². The molecule has 0 bridgehead atoms. The predicted octanol–water partition coefficient (Wildman–Crippen LogP) is 2.89. The zero-order chi connectivity index (χ0) is 20.1. The average Bonchev–Trinajstić information content (AvgIpc) is 3.11. The fourth-order valence-corrected chi connectivity index (χ4v) is 4.17. The van der Waals surface area contributed by atoms with E-state index in [1.165, 1.54) is 6.08 Å². The molecule has 3 aliphatic heterocycles. The van der Waals surface area contributed by atoms with Gasteiger partial charge in [-0.1, -0.05) is 0 Å². The van der Waals surface area contributed by atoms with E-state index in [1.54, 1.807) is 17.2 Å². The largest absolute Gasteiger partial charge is 0.422 e. The van der Waals surface area contributed by atoms with Crippen LogP contribution in [0.1, 0.15) is 19.4 Å². The van der Waals surface area contributed by atoms with E-state index in [0.29, 0.717) is 22.9 Å². The molecule has 1 unspecified atom stereocenters. The Hall–Kier alpha value is -3.06. The normalized spacial score (nSPS) is 24.0. The smallest absolute Gasteiger partial charge is 0.345 e. The van der Waals surface area contributed by atoms with Gasteiger partial charge in [0.1, 0.15) is 11.4 Å². The topological polar surface area (TPSA) is 60.8 Å². The van der Waals surface area contributed by atoms with Crippen molar-refractivity contribution in [3.8, 4) is 0 Å². The lowest BCUT2D eigenvalue weighted by Crippen LogP contribution is -2.49. The summed E-state index contributed by atoms with van der Waals surface area (Å²) < 4.78 is 19.9. The highest BCUT2D eigenvalue weighted by atomic mass is 19.1. The number of rotatable bonds is 2. The number of hydrogen-bond acceptors (Lipinski definition) is 6. The Kier molecular flexibility index (Phi) is 4.20. The molecule has 1 aromatic heterocycles. The third kappa shape index (κ3) is 3.21. The van der Waals surface area contributed by atoms with Gasteiger partial charge >= 0.3 is 5.63 Å². The van der Waals surface area contributed by atoms with Crippen molar-refractivity contribution in [2.75, 3.05) is 24.5 Å². The molecule has 7 heteroatoms. The zero-order valence-corrected chi connectivity index (χ0v) is 16.4. The third-order valence-electron chi connectivity index (χ3n) is 5.59. The summed E-state index contributed by atoms with van der Waals surface area (Å²) in [5.74, 6) is -0.281. The maximum Gasteiger partial charge on any atom is 0.345 e. The van der Waals surface area contributed by atoms with Gasteiger partial charge in [-0.05, 0) is 43.7 Å². The number of benzene rings is 1. The van der Waals surface area contributed by atoms with Gasteiger partial charge in [-0.3, -0.25) is 0 Å². The lowest BCUT2D eigenvalue weighted by molar-refractivity contribution is 0.344. The van der Waals surface area contributed by atoms with Gasteiger partial charge in [0.2, 0.25) is 0 Å². The Morgan fingerprint density at radius 3 is 2.93 bits per heavy atom. The minimum absolute atomic E-state index is 0.281. The van der Waals surface area contributed by atoms with Crippen molar-refractivity contribution in [2.24, 2.45) is 0 Å². The van der Waals surface area contributed by atoms with Crippen LogP contribution in [0.25, 0.3) is 16.7 Å². The predicted molar refractivity (Wildman–Crippen MR) is 112 cm³/mol. The highest BCUT2D eigenvalue weighted by Gasteiger charge is 2.30. The van der Waals surface area contributed by atoms with Crippen LogP contribution in [0.15, 0.2) is 63.4 Å². The lowest BCUT2D eigenvalue weighted by Gasteiger charge is -2.33. The fraction of sp³-hybridized carbons (Fsp3) is 0.318. The van der Waals surface area contributed by atoms with Crippen molar-refractivity contribution in [1.29, 1.82) is 0 Å². The molecule has 1 fully saturated rings. The fourth-order valence-electron chi connectivity index (χ4n) is 4.17. The summed E-state index contributed by atoms with van der Waals surface area (Å²) in [4.78, 5) is 16.7. The van der Waals surface area contributed by atoms with Gasteiger partial charge in [-0.25, -0.2) is 9.18 Å². The molecule has 0 saturated carbocycles. The number of allylic oxidation sites excluding steroid dienone is 2. The van der Waals surface area contributed by atoms with Gasteiger partial charge in [0.25, 0.3) is 0 Å². The van der Waals surface area contributed by atoms with E-state index < -0.39 is 11.8 Å². The molecule has 150 valence electrons. The van der Waals surface area contributed by atoms with Crippen molar-refractivity contribution in [1.82, 2.24) is 15.5 Å². The van der Waals surface area contributed by atoms with Crippen LogP contribution in [0.5, 0.6) is 0 Å². The summed E-state index contributed by atoms with van der Waals surface area (Å²) in [7, 11) is 0. The Bertz CT molecular complexity index is 1130. The number of fused-ring (bicyclic) bond motifs is 2. The molecule has 2 N–H and O–H groups in total. The molecule has 6 nitrogen and oxygen atoms in total. The van der Waals surface area contributed by atoms with Crippen LogP contribution in [0.2, 0.25) is 0 Å². The molecule has 0 amide bonds. The molecule has 29 heavy (non-hydrogen) atoms. The number of piperazine rings is 1. The van der Waals surface area contributed by atoms with Crippen molar-refractivity contribution in [3.05, 3.63) is 70.1 Å². The third-order valence-corrected chi connectivity index (χ3v) is 5.59. The first kappa shape index (κ1) is 18.0. The minimum atomic E-state index is -0.610. The summed E-state index contributed by atoms with van der Waals surface area (Å²) in [5.41, 5.74) is 2.94. The zero-order valence-electron chi connectivity index (χ0n) is 16.4. The SMILES string of the molecule is CC1=CN2C=C(c3cc4ccc(N5CCN[C@@H](C)C5)cc4oc3=O)NC2C(F)=C1. The lowest BCUT2D eigenvalue weighted by atomic mass is 10.1. The Labute approximate surface area is 168 Å². The van der Waals surface area contributed by atoms with Gasteiger partial charge in [0.15, 0.2) is 6.17 Å². The van der Waals surface area contributed by atoms with Gasteiger partial charge in [-0.15, -0.1) is 0 Å². The van der Waals surface area contributed by atoms with Crippen molar-refractivity contribution < 1.29 is 8.81 Å². The van der Waals surface area contributed by atoms with Gasteiger partial charge in [0.05, 0.1) is 11.3 Å². The first-order valence-corrected chi connectivity index (χ1v) is 9.86. The first-order valence-electron chi connectivity index (χ1n) is 9.86. The number of halogens is 1. The highest BCUT2D eigenvalue weighted by molar-refractivity contribution is 5.84. The standard InChI is InChI=1S/C22H23FN4O2/c1-13-7-18(23)21-25-19(12-27(21)10-13)17-8-15-3-4-16(9-20(15)29-22(17)28)26-6-5-24-14(2)11-26/h3-4,7-10,12,14,21,24-25H,5-6,11H2,1-2H3/t14-,21?/m0/s1. The van der Waals surface area contributed by atoms with Crippen LogP contribution < -0.4 is 21.2 Å². The van der Waals surface area contributed by atoms with Crippen LogP contribution >= 0.6 is 0 Å². The minimum Gasteiger partial charge on any atom is -0.422 e. The molecule has 3 aliphatic rings. The van der Waals surface area contributed by atoms with Crippen molar-refractivity contribution in [3.63, 3.8) is 0 Å². The van der Waals surface area contributed by atoms with Crippen LogP contribution in [0.3, 0.4) is 0 Å². The molecule has 2 atom stereocenters. The first-order chi connectivity index (χ1) is 14.0.